The molecule has 1 saturated heterocycles. The van der Waals surface area contributed by atoms with E-state index < -0.39 is 16.4 Å². The monoisotopic (exact) mass is 240 g/mol. The highest BCUT2D eigenvalue weighted by atomic mass is 19.1. The zero-order valence-electron chi connectivity index (χ0n) is 9.19. The highest BCUT2D eigenvalue weighted by Gasteiger charge is 2.16. The largest absolute Gasteiger partial charge is 0.382 e. The summed E-state index contributed by atoms with van der Waals surface area (Å²) in [6.07, 6.45) is 2.18. The van der Waals surface area contributed by atoms with Crippen LogP contribution in [0.1, 0.15) is 12.8 Å². The summed E-state index contributed by atoms with van der Waals surface area (Å²) >= 11 is 0. The third kappa shape index (κ3) is 2.91. The van der Waals surface area contributed by atoms with Crippen molar-refractivity contribution in [3.63, 3.8) is 0 Å². The number of nitro groups is 1. The van der Waals surface area contributed by atoms with E-state index in [4.69, 9.17) is 4.74 Å². The molecule has 1 aromatic carbocycles. The fourth-order valence-electron chi connectivity index (χ4n) is 1.80. The van der Waals surface area contributed by atoms with Gasteiger partial charge in [0.05, 0.1) is 11.0 Å². The quantitative estimate of drug-likeness (QED) is 0.648. The minimum atomic E-state index is -0.827. The van der Waals surface area contributed by atoms with E-state index in [0.29, 0.717) is 12.2 Å². The van der Waals surface area contributed by atoms with Crippen molar-refractivity contribution >= 4 is 11.4 Å². The zero-order valence-corrected chi connectivity index (χ0v) is 9.19. The average molecular weight is 240 g/mol. The molecule has 5 nitrogen and oxygen atoms in total. The molecule has 0 aliphatic carbocycles. The molecule has 17 heavy (non-hydrogen) atoms. The summed E-state index contributed by atoms with van der Waals surface area (Å²) in [4.78, 5) is 9.69. The molecule has 1 N–H and O–H groups in total. The molecule has 1 fully saturated rings. The van der Waals surface area contributed by atoms with Crippen LogP contribution < -0.4 is 5.32 Å². The van der Waals surface area contributed by atoms with Gasteiger partial charge in [-0.15, -0.1) is 0 Å². The second-order valence-corrected chi connectivity index (χ2v) is 3.94. The third-order valence-electron chi connectivity index (χ3n) is 2.70. The molecule has 0 spiro atoms. The first kappa shape index (κ1) is 11.8. The van der Waals surface area contributed by atoms with Gasteiger partial charge >= 0.3 is 5.69 Å². The van der Waals surface area contributed by atoms with Gasteiger partial charge in [-0.3, -0.25) is 10.1 Å². The van der Waals surface area contributed by atoms with E-state index in [1.807, 2.05) is 0 Å². The van der Waals surface area contributed by atoms with Gasteiger partial charge in [-0.1, -0.05) is 0 Å². The summed E-state index contributed by atoms with van der Waals surface area (Å²) in [6, 6.07) is 3.79. The van der Waals surface area contributed by atoms with Crippen LogP contribution in [0.5, 0.6) is 0 Å². The van der Waals surface area contributed by atoms with Crippen LogP contribution in [0, 0.1) is 15.9 Å². The second kappa shape index (κ2) is 5.09. The minimum absolute atomic E-state index is 0.147. The number of nitrogens with zero attached hydrogens (tertiary/aromatic N) is 1. The Morgan fingerprint density at radius 3 is 3.00 bits per heavy atom. The highest BCUT2D eigenvalue weighted by molar-refractivity contribution is 5.49. The Kier molecular flexibility index (Phi) is 3.53. The summed E-state index contributed by atoms with van der Waals surface area (Å²) in [7, 11) is 0. The van der Waals surface area contributed by atoms with Gasteiger partial charge in [0.2, 0.25) is 5.82 Å². The van der Waals surface area contributed by atoms with E-state index in [-0.39, 0.29) is 6.10 Å². The van der Waals surface area contributed by atoms with E-state index in [9.17, 15) is 14.5 Å². The predicted molar refractivity (Wildman–Crippen MR) is 60.5 cm³/mol. The number of nitrogens with one attached hydrogen (secondary N) is 1. The van der Waals surface area contributed by atoms with Gasteiger partial charge in [-0.05, 0) is 18.9 Å². The van der Waals surface area contributed by atoms with Gasteiger partial charge in [0.25, 0.3) is 0 Å². The number of ether oxygens (including phenoxy) is 1. The SMILES string of the molecule is O=[N+]([O-])c1ccc(NCC2CCCO2)cc1F. The molecule has 0 aromatic heterocycles. The van der Waals surface area contributed by atoms with Crippen molar-refractivity contribution in [3.05, 3.63) is 34.1 Å². The predicted octanol–water partition coefficient (Wildman–Crippen LogP) is 2.32. The summed E-state index contributed by atoms with van der Waals surface area (Å²) in [5.41, 5.74) is 0.0243. The maximum atomic E-state index is 13.3. The minimum Gasteiger partial charge on any atom is -0.382 e. The van der Waals surface area contributed by atoms with Gasteiger partial charge < -0.3 is 10.1 Å². The fourth-order valence-corrected chi connectivity index (χ4v) is 1.80. The van der Waals surface area contributed by atoms with Crippen LogP contribution in [-0.2, 0) is 4.74 Å². The maximum absolute atomic E-state index is 13.3. The molecule has 6 heteroatoms. The average Bonchev–Trinajstić information content (AvgIpc) is 2.78. The first-order valence-corrected chi connectivity index (χ1v) is 5.46. The van der Waals surface area contributed by atoms with E-state index >= 15 is 0 Å². The van der Waals surface area contributed by atoms with Crippen LogP contribution >= 0.6 is 0 Å². The Balaban J connectivity index is 1.97. The van der Waals surface area contributed by atoms with Gasteiger partial charge in [0.1, 0.15) is 0 Å². The third-order valence-corrected chi connectivity index (χ3v) is 2.70. The molecule has 1 aliphatic rings. The Morgan fingerprint density at radius 2 is 2.41 bits per heavy atom. The molecule has 92 valence electrons. The molecule has 0 saturated carbocycles. The molecule has 1 aromatic rings. The zero-order chi connectivity index (χ0) is 12.3. The molecule has 0 radical (unpaired) electrons. The normalized spacial score (nSPS) is 19.2. The number of hydrogen-bond donors (Lipinski definition) is 1. The molecule has 1 unspecified atom stereocenters. The summed E-state index contributed by atoms with van der Waals surface area (Å²) in [6.45, 7) is 1.36. The van der Waals surface area contributed by atoms with Gasteiger partial charge in [0, 0.05) is 31.0 Å². The maximum Gasteiger partial charge on any atom is 0.304 e. The Morgan fingerprint density at radius 1 is 1.59 bits per heavy atom. The molecule has 1 atom stereocenters. The number of rotatable bonds is 4. The van der Waals surface area contributed by atoms with Crippen molar-refractivity contribution < 1.29 is 14.1 Å². The van der Waals surface area contributed by atoms with Crippen LogP contribution in [0.15, 0.2) is 18.2 Å². The van der Waals surface area contributed by atoms with Crippen molar-refractivity contribution in [1.29, 1.82) is 0 Å². The van der Waals surface area contributed by atoms with Crippen LogP contribution in [0.3, 0.4) is 0 Å². The molecule has 1 heterocycles. The fraction of sp³-hybridized carbons (Fsp3) is 0.455. The Hall–Kier alpha value is -1.69. The van der Waals surface area contributed by atoms with E-state index in [1.165, 1.54) is 6.07 Å². The molecular weight excluding hydrogens is 227 g/mol. The molecule has 0 bridgehead atoms. The van der Waals surface area contributed by atoms with Crippen molar-refractivity contribution in [2.75, 3.05) is 18.5 Å². The summed E-state index contributed by atoms with van der Waals surface area (Å²) < 4.78 is 18.7. The number of halogens is 1. The lowest BCUT2D eigenvalue weighted by Gasteiger charge is -2.11. The smallest absolute Gasteiger partial charge is 0.304 e. The lowest BCUT2D eigenvalue weighted by Crippen LogP contribution is -2.18. The van der Waals surface area contributed by atoms with Crippen LogP contribution in [0.25, 0.3) is 0 Å². The Labute approximate surface area is 97.7 Å². The van der Waals surface area contributed by atoms with Crippen LogP contribution in [-0.4, -0.2) is 24.2 Å². The number of anilines is 1. The van der Waals surface area contributed by atoms with Gasteiger partial charge in [-0.2, -0.15) is 4.39 Å². The van der Waals surface area contributed by atoms with Gasteiger partial charge in [0.15, 0.2) is 0 Å². The lowest BCUT2D eigenvalue weighted by atomic mass is 10.2. The van der Waals surface area contributed by atoms with Crippen LogP contribution in [0.4, 0.5) is 15.8 Å². The Bertz CT molecular complexity index is 419. The number of benzene rings is 1. The molecule has 1 aliphatic heterocycles. The molecular formula is C11H13FN2O3. The summed E-state index contributed by atoms with van der Waals surface area (Å²) in [5.74, 6) is -0.827. The number of hydrogen-bond acceptors (Lipinski definition) is 4. The van der Waals surface area contributed by atoms with Crippen molar-refractivity contribution in [2.45, 2.75) is 18.9 Å². The summed E-state index contributed by atoms with van der Waals surface area (Å²) in [5, 5.41) is 13.4. The number of nitro benzene ring substituents is 1. The van der Waals surface area contributed by atoms with E-state index in [1.54, 1.807) is 0 Å². The highest BCUT2D eigenvalue weighted by Crippen LogP contribution is 2.21. The van der Waals surface area contributed by atoms with Crippen molar-refractivity contribution in [1.82, 2.24) is 0 Å². The topological polar surface area (TPSA) is 64.4 Å². The van der Waals surface area contributed by atoms with Crippen LogP contribution in [0.2, 0.25) is 0 Å². The first-order valence-electron chi connectivity index (χ1n) is 5.46. The van der Waals surface area contributed by atoms with E-state index in [0.717, 1.165) is 31.6 Å². The standard InChI is InChI=1S/C11H13FN2O3/c12-10-6-8(3-4-11(10)14(15)16)13-7-9-2-1-5-17-9/h3-4,6,9,13H,1-2,5,7H2. The van der Waals surface area contributed by atoms with E-state index in [2.05, 4.69) is 5.32 Å². The molecule has 2 rings (SSSR count). The molecule has 0 amide bonds. The first-order chi connectivity index (χ1) is 8.16. The van der Waals surface area contributed by atoms with Crippen molar-refractivity contribution in [2.24, 2.45) is 0 Å². The van der Waals surface area contributed by atoms with Crippen molar-refractivity contribution in [3.8, 4) is 0 Å². The second-order valence-electron chi connectivity index (χ2n) is 3.94. The van der Waals surface area contributed by atoms with Gasteiger partial charge in [-0.25, -0.2) is 0 Å². The lowest BCUT2D eigenvalue weighted by molar-refractivity contribution is -0.387.